The Labute approximate surface area is 206 Å². The van der Waals surface area contributed by atoms with Gasteiger partial charge in [-0.1, -0.05) is 41.9 Å². The number of rotatable bonds is 5. The van der Waals surface area contributed by atoms with Gasteiger partial charge in [-0.05, 0) is 18.2 Å². The van der Waals surface area contributed by atoms with Gasteiger partial charge in [0.2, 0.25) is 5.96 Å². The molecule has 0 radical (unpaired) electrons. The summed E-state index contributed by atoms with van der Waals surface area (Å²) in [4.78, 5) is 48.9. The fraction of sp³-hybridized carbons (Fsp3) is 0.250. The van der Waals surface area contributed by atoms with Gasteiger partial charge in [-0.2, -0.15) is 0 Å². The Balaban J connectivity index is 1.63. The highest BCUT2D eigenvalue weighted by Crippen LogP contribution is 2.43. The van der Waals surface area contributed by atoms with Gasteiger partial charge >= 0.3 is 12.0 Å². The molecule has 3 aliphatic rings. The second-order valence-corrected chi connectivity index (χ2v) is 8.56. The largest absolute Gasteiger partial charge is 0.495 e. The maximum absolute atomic E-state index is 13.5. The van der Waals surface area contributed by atoms with Gasteiger partial charge in [0, 0.05) is 23.8 Å². The van der Waals surface area contributed by atoms with E-state index < -0.39 is 36.7 Å². The van der Waals surface area contributed by atoms with Crippen molar-refractivity contribution in [2.75, 3.05) is 32.7 Å². The van der Waals surface area contributed by atoms with Crippen molar-refractivity contribution in [2.45, 2.75) is 12.2 Å². The van der Waals surface area contributed by atoms with Gasteiger partial charge in [-0.3, -0.25) is 24.3 Å². The Bertz CT molecular complexity index is 1280. The minimum Gasteiger partial charge on any atom is -0.495 e. The van der Waals surface area contributed by atoms with Gasteiger partial charge in [0.1, 0.15) is 12.3 Å². The van der Waals surface area contributed by atoms with Crippen LogP contribution in [-0.4, -0.2) is 78.6 Å². The minimum atomic E-state index is -0.855. The van der Waals surface area contributed by atoms with E-state index in [2.05, 4.69) is 4.74 Å². The molecule has 3 aliphatic heterocycles. The van der Waals surface area contributed by atoms with Crippen molar-refractivity contribution < 1.29 is 23.9 Å². The third-order valence-corrected chi connectivity index (χ3v) is 6.41. The molecule has 0 N–H and O–H groups in total. The zero-order valence-corrected chi connectivity index (χ0v) is 20.0. The normalized spacial score (nSPS) is 21.0. The van der Waals surface area contributed by atoms with Crippen molar-refractivity contribution in [1.82, 2.24) is 14.7 Å². The summed E-state index contributed by atoms with van der Waals surface area (Å²) >= 11 is 6.34. The van der Waals surface area contributed by atoms with Crippen LogP contribution in [0.5, 0.6) is 5.75 Å². The summed E-state index contributed by atoms with van der Waals surface area (Å²) in [5.41, 5.74) is 2.25. The number of fused-ring (bicyclic) bond motifs is 3. The second kappa shape index (κ2) is 8.62. The van der Waals surface area contributed by atoms with Gasteiger partial charge in [-0.25, -0.2) is 9.79 Å². The second-order valence-electron chi connectivity index (χ2n) is 8.12. The maximum atomic E-state index is 13.5. The topological polar surface area (TPSA) is 95.0 Å². The number of aliphatic imine (C=N–C) groups is 1. The van der Waals surface area contributed by atoms with Crippen molar-refractivity contribution >= 4 is 46.9 Å². The zero-order valence-electron chi connectivity index (χ0n) is 19.2. The Hall–Kier alpha value is -4.05. The predicted molar refractivity (Wildman–Crippen MR) is 129 cm³/mol. The molecule has 1 fully saturated rings. The highest BCUT2D eigenvalue weighted by atomic mass is 35.5. The van der Waals surface area contributed by atoms with Gasteiger partial charge in [-0.15, -0.1) is 0 Å². The van der Waals surface area contributed by atoms with Crippen molar-refractivity contribution in [3.63, 3.8) is 0 Å². The molecule has 35 heavy (non-hydrogen) atoms. The van der Waals surface area contributed by atoms with Gasteiger partial charge in [0.15, 0.2) is 12.2 Å². The SMILES string of the molecule is COC(=O)CN1C(=O)C2C(N=C3N(c4cc(Cl)ccc4OC)C(c4ccccc4)=CN32)N(C)C1=O. The van der Waals surface area contributed by atoms with Crippen LogP contribution in [-0.2, 0) is 14.3 Å². The summed E-state index contributed by atoms with van der Waals surface area (Å²) in [5, 5.41) is 0.496. The number of amides is 3. The van der Waals surface area contributed by atoms with Crippen LogP contribution in [0.15, 0.2) is 59.7 Å². The van der Waals surface area contributed by atoms with Crippen LogP contribution in [0.3, 0.4) is 0 Å². The first-order valence-corrected chi connectivity index (χ1v) is 11.2. The number of ether oxygens (including phenoxy) is 2. The number of hydrogen-bond acceptors (Lipinski definition) is 8. The molecule has 2 atom stereocenters. The molecule has 11 heteroatoms. The summed E-state index contributed by atoms with van der Waals surface area (Å²) in [6, 6.07) is 13.4. The fourth-order valence-corrected chi connectivity index (χ4v) is 4.63. The van der Waals surface area contributed by atoms with Crippen LogP contribution in [0.25, 0.3) is 5.70 Å². The van der Waals surface area contributed by atoms with E-state index in [0.717, 1.165) is 16.2 Å². The third-order valence-electron chi connectivity index (χ3n) is 6.18. The molecule has 2 unspecified atom stereocenters. The van der Waals surface area contributed by atoms with Gasteiger partial charge in [0.25, 0.3) is 5.91 Å². The number of guanidine groups is 1. The van der Waals surface area contributed by atoms with Gasteiger partial charge in [0.05, 0.1) is 25.6 Å². The number of hydrogen-bond donors (Lipinski definition) is 0. The summed E-state index contributed by atoms with van der Waals surface area (Å²) in [6.07, 6.45) is 1.04. The molecule has 0 aromatic heterocycles. The summed E-state index contributed by atoms with van der Waals surface area (Å²) < 4.78 is 10.3. The highest BCUT2D eigenvalue weighted by molar-refractivity contribution is 6.31. The quantitative estimate of drug-likeness (QED) is 0.588. The Morgan fingerprint density at radius 1 is 1.11 bits per heavy atom. The molecule has 2 aromatic rings. The lowest BCUT2D eigenvalue weighted by atomic mass is 10.1. The number of carbonyl (C=O) groups is 3. The number of halogens is 1. The highest BCUT2D eigenvalue weighted by Gasteiger charge is 2.55. The van der Waals surface area contributed by atoms with E-state index in [4.69, 9.17) is 21.3 Å². The first-order valence-electron chi connectivity index (χ1n) is 10.8. The fourth-order valence-electron chi connectivity index (χ4n) is 4.46. The molecular formula is C24H22ClN5O5. The smallest absolute Gasteiger partial charge is 0.328 e. The number of urea groups is 1. The molecule has 180 valence electrons. The molecule has 10 nitrogen and oxygen atoms in total. The summed E-state index contributed by atoms with van der Waals surface area (Å²) in [6.45, 7) is -0.480. The lowest BCUT2D eigenvalue weighted by molar-refractivity contribution is -0.148. The lowest BCUT2D eigenvalue weighted by Gasteiger charge is -2.39. The number of benzene rings is 2. The molecule has 0 spiro atoms. The standard InChI is InChI=1S/C24H22ClN5O5/c1-27-21-20(22(32)29(24(27)33)13-19(31)35-3)28-12-17(14-7-5-4-6-8-14)30(23(28)26-21)16-11-15(25)9-10-18(16)34-2/h4-12,20-21H,13H2,1-3H3. The van der Waals surface area contributed by atoms with E-state index in [0.29, 0.717) is 22.4 Å². The number of nitrogens with zero attached hydrogens (tertiary/aromatic N) is 5. The number of esters is 1. The van der Waals surface area contributed by atoms with Crippen LogP contribution in [0.1, 0.15) is 5.56 Å². The predicted octanol–water partition coefficient (Wildman–Crippen LogP) is 2.60. The molecular weight excluding hydrogens is 474 g/mol. The molecule has 5 rings (SSSR count). The minimum absolute atomic E-state index is 0.437. The first kappa shape index (κ1) is 22.7. The molecule has 3 amide bonds. The summed E-state index contributed by atoms with van der Waals surface area (Å²) in [5.74, 6) is -0.234. The van der Waals surface area contributed by atoms with Crippen LogP contribution in [0, 0.1) is 0 Å². The van der Waals surface area contributed by atoms with E-state index >= 15 is 0 Å². The molecule has 0 aliphatic carbocycles. The van der Waals surface area contributed by atoms with Crippen LogP contribution in [0.4, 0.5) is 10.5 Å². The van der Waals surface area contributed by atoms with Crippen molar-refractivity contribution in [2.24, 2.45) is 4.99 Å². The molecule has 2 aromatic carbocycles. The van der Waals surface area contributed by atoms with Crippen molar-refractivity contribution in [1.29, 1.82) is 0 Å². The monoisotopic (exact) mass is 495 g/mol. The Kier molecular flexibility index (Phi) is 5.60. The molecule has 3 heterocycles. The average Bonchev–Trinajstić information content (AvgIpc) is 3.42. The molecule has 1 saturated heterocycles. The van der Waals surface area contributed by atoms with E-state index in [1.54, 1.807) is 37.3 Å². The van der Waals surface area contributed by atoms with Crippen molar-refractivity contribution in [3.05, 3.63) is 65.3 Å². The lowest BCUT2D eigenvalue weighted by Crippen LogP contribution is -2.65. The average molecular weight is 496 g/mol. The maximum Gasteiger partial charge on any atom is 0.328 e. The number of likely N-dealkylation sites (N-methyl/N-ethyl adjacent to an activating group) is 1. The Morgan fingerprint density at radius 2 is 1.86 bits per heavy atom. The van der Waals surface area contributed by atoms with E-state index in [9.17, 15) is 14.4 Å². The number of imide groups is 1. The zero-order chi connectivity index (χ0) is 24.9. The summed E-state index contributed by atoms with van der Waals surface area (Å²) in [7, 11) is 4.31. The molecule has 0 saturated carbocycles. The third kappa shape index (κ3) is 3.57. The number of anilines is 1. The first-order chi connectivity index (χ1) is 16.8. The van der Waals surface area contributed by atoms with Crippen LogP contribution in [0.2, 0.25) is 5.02 Å². The number of methoxy groups -OCH3 is 2. The van der Waals surface area contributed by atoms with E-state index in [-0.39, 0.29) is 0 Å². The number of carbonyl (C=O) groups excluding carboxylic acids is 3. The molecule has 0 bridgehead atoms. The van der Waals surface area contributed by atoms with E-state index in [1.165, 1.54) is 12.0 Å². The van der Waals surface area contributed by atoms with Crippen molar-refractivity contribution in [3.8, 4) is 5.75 Å². The van der Waals surface area contributed by atoms with Crippen LogP contribution >= 0.6 is 11.6 Å². The van der Waals surface area contributed by atoms with Crippen LogP contribution < -0.4 is 9.64 Å². The van der Waals surface area contributed by atoms with Gasteiger partial charge < -0.3 is 14.4 Å². The van der Waals surface area contributed by atoms with E-state index in [1.807, 2.05) is 41.4 Å². The Morgan fingerprint density at radius 3 is 2.54 bits per heavy atom.